The molecule has 0 fully saturated rings. The van der Waals surface area contributed by atoms with Gasteiger partial charge in [-0.25, -0.2) is 4.79 Å². The average Bonchev–Trinajstić information content (AvgIpc) is 2.97. The molecular formula is C15H13BrN6O2. The molecule has 0 amide bonds. The predicted octanol–water partition coefficient (Wildman–Crippen LogP) is 0.852. The topological polar surface area (TPSA) is 84.0 Å². The van der Waals surface area contributed by atoms with Crippen molar-refractivity contribution in [2.24, 2.45) is 24.3 Å². The molecule has 8 nitrogen and oxygen atoms in total. The number of fused-ring (bicyclic) bond motifs is 3. The third-order valence-corrected chi connectivity index (χ3v) is 4.68. The van der Waals surface area contributed by atoms with E-state index in [9.17, 15) is 9.59 Å². The fraction of sp³-hybridized carbons (Fsp3) is 0.200. The van der Waals surface area contributed by atoms with E-state index < -0.39 is 0 Å². The highest BCUT2D eigenvalue weighted by atomic mass is 79.9. The van der Waals surface area contributed by atoms with Crippen LogP contribution >= 0.6 is 15.9 Å². The molecule has 1 aromatic heterocycles. The number of halogens is 1. The van der Waals surface area contributed by atoms with Crippen LogP contribution in [0.4, 0.5) is 11.5 Å². The molecule has 2 aliphatic heterocycles. The molecule has 4 rings (SSSR count). The number of hydrogen-bond acceptors (Lipinski definition) is 6. The SMILES string of the molecule is Cn1c2c(c(=O)n(C)c1=O)N1CC(c3ccc(Br)cc3)=NN=C1N2. The molecule has 0 aliphatic carbocycles. The van der Waals surface area contributed by atoms with Gasteiger partial charge in [0.05, 0.1) is 12.3 Å². The Morgan fingerprint density at radius 2 is 1.79 bits per heavy atom. The molecule has 2 aliphatic rings. The van der Waals surface area contributed by atoms with Crippen molar-refractivity contribution in [2.45, 2.75) is 0 Å². The van der Waals surface area contributed by atoms with E-state index >= 15 is 0 Å². The Labute approximate surface area is 144 Å². The Morgan fingerprint density at radius 3 is 2.50 bits per heavy atom. The summed E-state index contributed by atoms with van der Waals surface area (Å²) >= 11 is 3.40. The summed E-state index contributed by atoms with van der Waals surface area (Å²) in [4.78, 5) is 26.4. The van der Waals surface area contributed by atoms with Crippen LogP contribution < -0.4 is 21.5 Å². The predicted molar refractivity (Wildman–Crippen MR) is 96.0 cm³/mol. The van der Waals surface area contributed by atoms with Crippen molar-refractivity contribution in [2.75, 3.05) is 16.8 Å². The van der Waals surface area contributed by atoms with Crippen LogP contribution in [0.2, 0.25) is 0 Å². The van der Waals surface area contributed by atoms with E-state index in [0.29, 0.717) is 24.0 Å². The Hall–Kier alpha value is -2.68. The molecule has 0 atom stereocenters. The standard InChI is InChI=1S/C15H13BrN6O2/c1-20-12-11(13(23)21(2)15(20)24)22-7-10(18-19-14(22)17-12)8-3-5-9(16)6-4-8/h3-6H,7H2,1-2H3,(H,17,19). The molecule has 1 aromatic carbocycles. The normalized spacial score (nSPS) is 15.4. The molecular weight excluding hydrogens is 376 g/mol. The second kappa shape index (κ2) is 5.17. The Kier molecular flexibility index (Phi) is 3.20. The quantitative estimate of drug-likeness (QED) is 0.784. The lowest BCUT2D eigenvalue weighted by Crippen LogP contribution is -2.42. The second-order valence-electron chi connectivity index (χ2n) is 5.59. The van der Waals surface area contributed by atoms with Crippen molar-refractivity contribution in [3.63, 3.8) is 0 Å². The third kappa shape index (κ3) is 2.04. The Bertz CT molecular complexity index is 1030. The van der Waals surface area contributed by atoms with Gasteiger partial charge in [0, 0.05) is 18.6 Å². The monoisotopic (exact) mass is 388 g/mol. The van der Waals surface area contributed by atoms with E-state index in [1.54, 1.807) is 11.9 Å². The summed E-state index contributed by atoms with van der Waals surface area (Å²) in [6.45, 7) is 0.397. The van der Waals surface area contributed by atoms with E-state index in [-0.39, 0.29) is 11.2 Å². The lowest BCUT2D eigenvalue weighted by atomic mass is 10.1. The van der Waals surface area contributed by atoms with Crippen LogP contribution in [0.1, 0.15) is 5.56 Å². The summed E-state index contributed by atoms with van der Waals surface area (Å²) in [7, 11) is 3.08. The maximum atomic E-state index is 12.5. The number of benzene rings is 1. The maximum absolute atomic E-state index is 12.5. The van der Waals surface area contributed by atoms with Crippen molar-refractivity contribution < 1.29 is 0 Å². The molecule has 3 heterocycles. The van der Waals surface area contributed by atoms with E-state index in [1.807, 2.05) is 24.3 Å². The number of nitrogens with zero attached hydrogens (tertiary/aromatic N) is 5. The van der Waals surface area contributed by atoms with Crippen LogP contribution in [-0.4, -0.2) is 27.4 Å². The summed E-state index contributed by atoms with van der Waals surface area (Å²) in [5, 5.41) is 11.4. The van der Waals surface area contributed by atoms with Gasteiger partial charge in [-0.2, -0.15) is 0 Å². The summed E-state index contributed by atoms with van der Waals surface area (Å²) in [5.74, 6) is 0.887. The zero-order valence-corrected chi connectivity index (χ0v) is 14.5. The van der Waals surface area contributed by atoms with Gasteiger partial charge in [-0.3, -0.25) is 18.8 Å². The minimum Gasteiger partial charge on any atom is -0.308 e. The van der Waals surface area contributed by atoms with Crippen molar-refractivity contribution in [1.29, 1.82) is 0 Å². The van der Waals surface area contributed by atoms with E-state index in [1.165, 1.54) is 11.6 Å². The summed E-state index contributed by atoms with van der Waals surface area (Å²) in [6.07, 6.45) is 0. The molecule has 0 bridgehead atoms. The van der Waals surface area contributed by atoms with Gasteiger partial charge in [0.25, 0.3) is 5.56 Å². The van der Waals surface area contributed by atoms with Crippen LogP contribution in [-0.2, 0) is 14.1 Å². The molecule has 0 saturated carbocycles. The molecule has 2 aromatic rings. The van der Waals surface area contributed by atoms with Crippen LogP contribution in [0.25, 0.3) is 0 Å². The summed E-state index contributed by atoms with van der Waals surface area (Å²) in [6, 6.07) is 7.73. The number of anilines is 2. The second-order valence-corrected chi connectivity index (χ2v) is 6.51. The van der Waals surface area contributed by atoms with Crippen LogP contribution in [0.15, 0.2) is 48.5 Å². The van der Waals surface area contributed by atoms with Gasteiger partial charge in [0.1, 0.15) is 5.82 Å². The van der Waals surface area contributed by atoms with Crippen LogP contribution in [0, 0.1) is 0 Å². The molecule has 0 unspecified atom stereocenters. The lowest BCUT2D eigenvalue weighted by Gasteiger charge is -2.21. The molecule has 0 spiro atoms. The number of rotatable bonds is 1. The maximum Gasteiger partial charge on any atom is 0.332 e. The summed E-state index contributed by atoms with van der Waals surface area (Å²) in [5.41, 5.74) is 1.33. The Morgan fingerprint density at radius 1 is 1.08 bits per heavy atom. The third-order valence-electron chi connectivity index (χ3n) is 4.15. The zero-order chi connectivity index (χ0) is 17.0. The average molecular weight is 389 g/mol. The van der Waals surface area contributed by atoms with Gasteiger partial charge in [-0.1, -0.05) is 28.1 Å². The molecule has 1 N–H and O–H groups in total. The molecule has 24 heavy (non-hydrogen) atoms. The fourth-order valence-corrected chi connectivity index (χ4v) is 3.07. The number of nitrogens with one attached hydrogen (secondary N) is 1. The van der Waals surface area contributed by atoms with E-state index in [2.05, 4.69) is 31.4 Å². The molecule has 9 heteroatoms. The number of guanidine groups is 1. The van der Waals surface area contributed by atoms with Crippen molar-refractivity contribution >= 4 is 39.1 Å². The van der Waals surface area contributed by atoms with Gasteiger partial charge in [-0.15, -0.1) is 10.2 Å². The highest BCUT2D eigenvalue weighted by molar-refractivity contribution is 9.10. The minimum atomic E-state index is -0.388. The molecule has 0 saturated heterocycles. The molecule has 122 valence electrons. The van der Waals surface area contributed by atoms with Gasteiger partial charge in [0.15, 0.2) is 5.69 Å². The number of aromatic nitrogens is 2. The molecule has 0 radical (unpaired) electrons. The van der Waals surface area contributed by atoms with Crippen LogP contribution in [0.3, 0.4) is 0 Å². The van der Waals surface area contributed by atoms with Crippen molar-refractivity contribution in [1.82, 2.24) is 9.13 Å². The first-order valence-corrected chi connectivity index (χ1v) is 8.01. The van der Waals surface area contributed by atoms with Crippen molar-refractivity contribution in [3.05, 3.63) is 55.1 Å². The highest BCUT2D eigenvalue weighted by Gasteiger charge is 2.34. The van der Waals surface area contributed by atoms with E-state index in [4.69, 9.17) is 0 Å². The van der Waals surface area contributed by atoms with Crippen molar-refractivity contribution in [3.8, 4) is 0 Å². The van der Waals surface area contributed by atoms with Crippen LogP contribution in [0.5, 0.6) is 0 Å². The van der Waals surface area contributed by atoms with Gasteiger partial charge in [-0.05, 0) is 17.7 Å². The first kappa shape index (κ1) is 14.9. The zero-order valence-electron chi connectivity index (χ0n) is 12.9. The van der Waals surface area contributed by atoms with Gasteiger partial charge >= 0.3 is 5.69 Å². The number of hydrogen-bond donors (Lipinski definition) is 1. The first-order valence-electron chi connectivity index (χ1n) is 7.22. The first-order chi connectivity index (χ1) is 11.5. The largest absolute Gasteiger partial charge is 0.332 e. The smallest absolute Gasteiger partial charge is 0.308 e. The fourth-order valence-electron chi connectivity index (χ4n) is 2.81. The summed E-state index contributed by atoms with van der Waals surface area (Å²) < 4.78 is 3.47. The van der Waals surface area contributed by atoms with Gasteiger partial charge in [0.2, 0.25) is 5.96 Å². The minimum absolute atomic E-state index is 0.358. The lowest BCUT2D eigenvalue weighted by molar-refractivity contribution is 0.696. The highest BCUT2D eigenvalue weighted by Crippen LogP contribution is 2.29. The Balaban J connectivity index is 1.81. The van der Waals surface area contributed by atoms with Gasteiger partial charge < -0.3 is 5.32 Å². The van der Waals surface area contributed by atoms with E-state index in [0.717, 1.165) is 20.3 Å².